The van der Waals surface area contributed by atoms with Gasteiger partial charge >= 0.3 is 5.97 Å². The molecule has 0 aliphatic heterocycles. The van der Waals surface area contributed by atoms with Gasteiger partial charge < -0.3 is 35.9 Å². The van der Waals surface area contributed by atoms with Crippen molar-refractivity contribution < 1.29 is 30.0 Å². The fourth-order valence-electron chi connectivity index (χ4n) is 5.88. The van der Waals surface area contributed by atoms with Crippen molar-refractivity contribution in [1.82, 2.24) is 16.0 Å². The van der Waals surface area contributed by atoms with E-state index < -0.39 is 24.0 Å². The topological polar surface area (TPSA) is 141 Å². The van der Waals surface area contributed by atoms with Crippen LogP contribution in [0.3, 0.4) is 0 Å². The minimum atomic E-state index is -0.907. The first-order valence-electron chi connectivity index (χ1n) is 17.1. The smallest absolute Gasteiger partial charge is 0.328 e. The number of hydrogen-bond donors (Lipinski definition) is 4. The van der Waals surface area contributed by atoms with E-state index in [0.29, 0.717) is 56.2 Å². The molecular weight excluding hydrogens is 644 g/mol. The quantitative estimate of drug-likeness (QED) is 0.0438. The number of nitrogens with two attached hydrogens (primary N) is 1. The molecular formula is C41H50N4O6. The van der Waals surface area contributed by atoms with Gasteiger partial charge in [0, 0.05) is 25.5 Å². The average molecular weight is 696 g/mol. The second-order valence-electron chi connectivity index (χ2n) is 12.0. The summed E-state index contributed by atoms with van der Waals surface area (Å²) in [5.41, 5.74) is 7.40. The van der Waals surface area contributed by atoms with E-state index in [1.54, 1.807) is 6.08 Å². The Morgan fingerprint density at radius 2 is 1.43 bits per heavy atom. The molecule has 2 atom stereocenters. The number of esters is 1. The lowest BCUT2D eigenvalue weighted by Crippen LogP contribution is -2.51. The monoisotopic (exact) mass is 695 g/mol. The molecule has 0 fully saturated rings. The summed E-state index contributed by atoms with van der Waals surface area (Å²) < 4.78 is 17.4. The number of fused-ring (bicyclic) bond motifs is 2. The zero-order valence-corrected chi connectivity index (χ0v) is 29.2. The van der Waals surface area contributed by atoms with E-state index in [1.807, 2.05) is 48.5 Å². The number of methoxy groups -OCH3 is 1. The van der Waals surface area contributed by atoms with Crippen LogP contribution in [0.2, 0.25) is 0 Å². The molecule has 0 heterocycles. The largest absolute Gasteiger partial charge is 0.493 e. The standard InChI is InChI=1S/C41H48N4O6.H2/c1-5-14-34(41(48)49-4)45-40(47)33(19-11-12-25-43-28(3)42)44-37(46)20-13-27-51-36-24-22-30-16-8-10-18-32(30)39(36)38-31-17-9-7-15-29(31)21-23-35(38)50-26-6-2;/h5-10,15-18,21-24,33-34,43H,1-3,11-14,19-20,25-27,42H2,4H3,(H,44,46)(H,45,47);1H/t33-,34+;/m1./s1/i;1+1. The lowest BCUT2D eigenvalue weighted by molar-refractivity contribution is -0.145. The second-order valence-corrected chi connectivity index (χ2v) is 12.0. The van der Waals surface area contributed by atoms with Gasteiger partial charge in [-0.05, 0) is 65.8 Å². The molecule has 0 aromatic heterocycles. The van der Waals surface area contributed by atoms with E-state index in [-0.39, 0.29) is 26.8 Å². The van der Waals surface area contributed by atoms with Crippen molar-refractivity contribution in [2.24, 2.45) is 5.73 Å². The lowest BCUT2D eigenvalue weighted by atomic mass is 9.92. The summed E-state index contributed by atoms with van der Waals surface area (Å²) in [4.78, 5) is 38.7. The highest BCUT2D eigenvalue weighted by Crippen LogP contribution is 2.45. The van der Waals surface area contributed by atoms with Gasteiger partial charge in [-0.1, -0.05) is 86.0 Å². The first-order valence-corrected chi connectivity index (χ1v) is 17.1. The highest BCUT2D eigenvalue weighted by molar-refractivity contribution is 6.09. The molecule has 51 heavy (non-hydrogen) atoms. The van der Waals surface area contributed by atoms with Gasteiger partial charge in [0.2, 0.25) is 11.8 Å². The number of amides is 2. The molecule has 10 nitrogen and oxygen atoms in total. The zero-order valence-electron chi connectivity index (χ0n) is 29.2. The van der Waals surface area contributed by atoms with Crippen molar-refractivity contribution in [1.29, 1.82) is 0 Å². The Kier molecular flexibility index (Phi) is 14.5. The molecule has 4 aromatic rings. The maximum atomic E-state index is 13.3. The SMILES string of the molecule is C=CCOc1ccc2ccccc2c1-c1c(OCCCC(=O)N[C@H](CCCCNC(=C)N)C(=O)N[C@@H](CC=C)C(=O)OC)ccc2ccccc12.[2HH]. The van der Waals surface area contributed by atoms with Crippen molar-refractivity contribution in [3.63, 3.8) is 0 Å². The third kappa shape index (κ3) is 10.6. The van der Waals surface area contributed by atoms with Crippen LogP contribution in [0, 0.1) is 0 Å². The summed E-state index contributed by atoms with van der Waals surface area (Å²) in [5, 5.41) is 12.7. The van der Waals surface area contributed by atoms with Gasteiger partial charge in [0.25, 0.3) is 0 Å². The number of carbonyl (C=O) groups is 3. The summed E-state index contributed by atoms with van der Waals surface area (Å²) >= 11 is 0. The van der Waals surface area contributed by atoms with Crippen molar-refractivity contribution >= 4 is 39.3 Å². The lowest BCUT2D eigenvalue weighted by Gasteiger charge is -2.22. The fraction of sp³-hybridized carbons (Fsp3) is 0.293. The summed E-state index contributed by atoms with van der Waals surface area (Å²) in [6.07, 6.45) is 5.62. The molecule has 270 valence electrons. The Bertz CT molecular complexity index is 1860. The molecule has 0 unspecified atom stereocenters. The van der Waals surface area contributed by atoms with Gasteiger partial charge in [-0.2, -0.15) is 0 Å². The maximum Gasteiger partial charge on any atom is 0.328 e. The summed E-state index contributed by atoms with van der Waals surface area (Å²) in [5.74, 6) is 0.365. The molecule has 4 rings (SSSR count). The number of ether oxygens (including phenoxy) is 3. The Balaban J connectivity index is 0.00000729. The Morgan fingerprint density at radius 1 is 0.804 bits per heavy atom. The van der Waals surface area contributed by atoms with Gasteiger partial charge in [-0.15, -0.1) is 6.58 Å². The minimum absolute atomic E-state index is 0. The van der Waals surface area contributed by atoms with Crippen molar-refractivity contribution in [2.45, 2.75) is 50.6 Å². The predicted molar refractivity (Wildman–Crippen MR) is 205 cm³/mol. The number of hydrogen-bond acceptors (Lipinski definition) is 8. The van der Waals surface area contributed by atoms with Gasteiger partial charge in [-0.25, -0.2) is 4.79 Å². The second kappa shape index (κ2) is 19.4. The van der Waals surface area contributed by atoms with Gasteiger partial charge in [0.1, 0.15) is 30.2 Å². The van der Waals surface area contributed by atoms with Crippen LogP contribution >= 0.6 is 0 Å². The van der Waals surface area contributed by atoms with Crippen LogP contribution in [0.25, 0.3) is 32.7 Å². The number of nitrogens with one attached hydrogen (secondary N) is 3. The molecule has 10 heteroatoms. The summed E-state index contributed by atoms with van der Waals surface area (Å²) in [6, 6.07) is 22.5. The molecule has 0 bridgehead atoms. The summed E-state index contributed by atoms with van der Waals surface area (Å²) in [7, 11) is 1.25. The Labute approximate surface area is 301 Å². The molecule has 0 aliphatic carbocycles. The first-order chi connectivity index (χ1) is 24.8. The number of carbonyl (C=O) groups excluding carboxylic acids is 3. The van der Waals surface area contributed by atoms with E-state index >= 15 is 0 Å². The number of rotatable bonds is 21. The Hall–Kier alpha value is -5.77. The normalized spacial score (nSPS) is 11.9. The third-order valence-electron chi connectivity index (χ3n) is 8.32. The average Bonchev–Trinajstić information content (AvgIpc) is 3.14. The molecule has 0 saturated carbocycles. The van der Waals surface area contributed by atoms with E-state index in [4.69, 9.17) is 19.9 Å². The molecule has 0 radical (unpaired) electrons. The zero-order chi connectivity index (χ0) is 36.6. The van der Waals surface area contributed by atoms with Crippen molar-refractivity contribution in [3.05, 3.63) is 111 Å². The predicted octanol–water partition coefficient (Wildman–Crippen LogP) is 6.54. The highest BCUT2D eigenvalue weighted by Gasteiger charge is 2.26. The van der Waals surface area contributed by atoms with Crippen LogP contribution in [0.5, 0.6) is 11.5 Å². The van der Waals surface area contributed by atoms with Gasteiger partial charge in [-0.3, -0.25) is 9.59 Å². The maximum absolute atomic E-state index is 13.3. The van der Waals surface area contributed by atoms with Crippen molar-refractivity contribution in [2.75, 3.05) is 26.9 Å². The van der Waals surface area contributed by atoms with E-state index in [9.17, 15) is 14.4 Å². The number of unbranched alkanes of at least 4 members (excludes halogenated alkanes) is 1. The van der Waals surface area contributed by atoms with Crippen LogP contribution in [-0.2, 0) is 19.1 Å². The van der Waals surface area contributed by atoms with Crippen molar-refractivity contribution in [3.8, 4) is 22.6 Å². The molecule has 2 amide bonds. The van der Waals surface area contributed by atoms with Gasteiger partial charge in [0.15, 0.2) is 0 Å². The molecule has 5 N–H and O–H groups in total. The van der Waals surface area contributed by atoms with Gasteiger partial charge in [0.05, 0.1) is 19.5 Å². The fourth-order valence-corrected chi connectivity index (χ4v) is 5.88. The van der Waals surface area contributed by atoms with E-state index in [0.717, 1.165) is 32.7 Å². The summed E-state index contributed by atoms with van der Waals surface area (Å²) in [6.45, 7) is 12.3. The van der Waals surface area contributed by atoms with Crippen LogP contribution in [0.4, 0.5) is 0 Å². The minimum Gasteiger partial charge on any atom is -0.493 e. The van der Waals surface area contributed by atoms with E-state index in [1.165, 1.54) is 13.2 Å². The van der Waals surface area contributed by atoms with Crippen LogP contribution in [0.15, 0.2) is 111 Å². The molecule has 4 aromatic carbocycles. The molecule has 0 saturated heterocycles. The number of benzene rings is 4. The highest BCUT2D eigenvalue weighted by atomic mass is 16.5. The third-order valence-corrected chi connectivity index (χ3v) is 8.32. The van der Waals surface area contributed by atoms with E-state index in [2.05, 4.69) is 60.0 Å². The van der Waals surface area contributed by atoms with Crippen LogP contribution in [0.1, 0.15) is 40.0 Å². The molecule has 0 spiro atoms. The first kappa shape index (κ1) is 38.0. The Morgan fingerprint density at radius 3 is 2.02 bits per heavy atom. The molecule has 0 aliphatic rings. The van der Waals surface area contributed by atoms with Crippen LogP contribution < -0.4 is 31.2 Å². The van der Waals surface area contributed by atoms with Crippen LogP contribution in [-0.4, -0.2) is 56.7 Å².